The minimum atomic E-state index is 0.407. The normalized spacial score (nSPS) is 25.8. The Morgan fingerprint density at radius 2 is 2.20 bits per heavy atom. The molecule has 0 bridgehead atoms. The average molecular weight is 353 g/mol. The Balaban J connectivity index is 1.47. The van der Waals surface area contributed by atoms with Crippen LogP contribution in [-0.4, -0.2) is 40.5 Å². The third-order valence-electron chi connectivity index (χ3n) is 5.82. The van der Waals surface area contributed by atoms with Gasteiger partial charge >= 0.3 is 0 Å². The highest BCUT2D eigenvalue weighted by molar-refractivity contribution is 6.29. The number of halogens is 1. The smallest absolute Gasteiger partial charge is 0.129 e. The number of aromatic amines is 1. The quantitative estimate of drug-likeness (QED) is 0.684. The van der Waals surface area contributed by atoms with Crippen molar-refractivity contribution in [1.29, 1.82) is 0 Å². The molecule has 3 aromatic rings. The van der Waals surface area contributed by atoms with Gasteiger partial charge in [0.1, 0.15) is 5.15 Å². The molecule has 1 fully saturated rings. The van der Waals surface area contributed by atoms with Crippen LogP contribution in [0.3, 0.4) is 0 Å². The highest BCUT2D eigenvalue weighted by Crippen LogP contribution is 2.43. The number of pyridine rings is 1. The van der Waals surface area contributed by atoms with E-state index in [9.17, 15) is 0 Å². The zero-order valence-electron chi connectivity index (χ0n) is 14.2. The second-order valence-electron chi connectivity index (χ2n) is 7.35. The van der Waals surface area contributed by atoms with Crippen LogP contribution < -0.4 is 5.32 Å². The summed E-state index contributed by atoms with van der Waals surface area (Å²) < 4.78 is 0. The standard InChI is InChI=1S/C20H21ClN4/c1-25-11-14(24-13-5-6-19(21)23-10-13)8-16-15-3-2-4-17-20(15)12(9-22-17)7-18(16)25/h2-6,9-10,14,16,18,22,24H,7-8,11H2,1H3/t14-,16-,18-/m1/s1. The van der Waals surface area contributed by atoms with Crippen LogP contribution in [0.2, 0.25) is 5.15 Å². The van der Waals surface area contributed by atoms with Crippen LogP contribution in [0, 0.1) is 0 Å². The molecule has 128 valence electrons. The van der Waals surface area contributed by atoms with Crippen molar-refractivity contribution in [3.63, 3.8) is 0 Å². The molecule has 0 spiro atoms. The number of piperidine rings is 1. The molecule has 0 amide bonds. The van der Waals surface area contributed by atoms with Gasteiger partial charge in [-0.15, -0.1) is 0 Å². The fraction of sp³-hybridized carbons (Fsp3) is 0.350. The van der Waals surface area contributed by atoms with Gasteiger partial charge in [-0.3, -0.25) is 0 Å². The van der Waals surface area contributed by atoms with Crippen molar-refractivity contribution in [2.24, 2.45) is 0 Å². The third kappa shape index (κ3) is 2.52. The van der Waals surface area contributed by atoms with E-state index in [0.717, 1.165) is 25.1 Å². The maximum Gasteiger partial charge on any atom is 0.129 e. The van der Waals surface area contributed by atoms with E-state index in [1.807, 2.05) is 18.3 Å². The predicted octanol–water partition coefficient (Wildman–Crippen LogP) is 4.04. The summed E-state index contributed by atoms with van der Waals surface area (Å²) >= 11 is 5.90. The molecule has 5 rings (SSSR count). The van der Waals surface area contributed by atoms with Crippen LogP contribution in [0.15, 0.2) is 42.7 Å². The number of likely N-dealkylation sites (N-methyl/N-ethyl adjacent to an activating group) is 1. The molecular weight excluding hydrogens is 332 g/mol. The molecule has 2 N–H and O–H groups in total. The Morgan fingerprint density at radius 3 is 3.04 bits per heavy atom. The van der Waals surface area contributed by atoms with Crippen molar-refractivity contribution in [1.82, 2.24) is 14.9 Å². The van der Waals surface area contributed by atoms with Crippen molar-refractivity contribution in [3.8, 4) is 0 Å². The number of aromatic nitrogens is 2. The van der Waals surface area contributed by atoms with Crippen molar-refractivity contribution in [2.75, 3.05) is 18.9 Å². The van der Waals surface area contributed by atoms with E-state index in [-0.39, 0.29) is 0 Å². The van der Waals surface area contributed by atoms with Gasteiger partial charge in [0.05, 0.1) is 11.9 Å². The number of hydrogen-bond acceptors (Lipinski definition) is 3. The van der Waals surface area contributed by atoms with Crippen LogP contribution in [0.25, 0.3) is 10.9 Å². The van der Waals surface area contributed by atoms with E-state index in [1.165, 1.54) is 22.0 Å². The number of anilines is 1. The summed E-state index contributed by atoms with van der Waals surface area (Å²) in [5, 5.41) is 5.63. The Labute approximate surface area is 152 Å². The molecule has 1 saturated heterocycles. The van der Waals surface area contributed by atoms with Gasteiger partial charge in [0.25, 0.3) is 0 Å². The molecule has 1 aliphatic heterocycles. The summed E-state index contributed by atoms with van der Waals surface area (Å²) in [5.74, 6) is 0.559. The van der Waals surface area contributed by atoms with Crippen molar-refractivity contribution in [3.05, 3.63) is 59.0 Å². The number of nitrogens with zero attached hydrogens (tertiary/aromatic N) is 2. The van der Waals surface area contributed by atoms with Gasteiger partial charge in [0.2, 0.25) is 0 Å². The first-order valence-electron chi connectivity index (χ1n) is 8.86. The number of hydrogen-bond donors (Lipinski definition) is 2. The molecule has 0 unspecified atom stereocenters. The molecule has 25 heavy (non-hydrogen) atoms. The van der Waals surface area contributed by atoms with E-state index in [2.05, 4.69) is 51.6 Å². The van der Waals surface area contributed by atoms with Gasteiger partial charge in [-0.2, -0.15) is 0 Å². The van der Waals surface area contributed by atoms with E-state index >= 15 is 0 Å². The summed E-state index contributed by atoms with van der Waals surface area (Å²) in [6.45, 7) is 1.04. The Kier molecular flexibility index (Phi) is 3.50. The lowest BCUT2D eigenvalue weighted by Gasteiger charge is -2.45. The lowest BCUT2D eigenvalue weighted by molar-refractivity contribution is 0.147. The first-order valence-corrected chi connectivity index (χ1v) is 9.24. The minimum Gasteiger partial charge on any atom is -0.380 e. The van der Waals surface area contributed by atoms with Gasteiger partial charge in [-0.1, -0.05) is 23.7 Å². The SMILES string of the molecule is CN1C[C@H](Nc2ccc(Cl)nc2)C[C@@H]2c3cccc4[nH]cc(c34)C[C@H]21. The van der Waals surface area contributed by atoms with E-state index in [4.69, 9.17) is 11.6 Å². The first-order chi connectivity index (χ1) is 12.2. The fourth-order valence-electron chi connectivity index (χ4n) is 4.74. The number of likely N-dealkylation sites (tertiary alicyclic amines) is 1. The van der Waals surface area contributed by atoms with Gasteiger partial charge in [-0.25, -0.2) is 4.98 Å². The Hall–Kier alpha value is -2.04. The zero-order valence-corrected chi connectivity index (χ0v) is 14.9. The number of nitrogens with one attached hydrogen (secondary N) is 2. The summed E-state index contributed by atoms with van der Waals surface area (Å²) in [5.41, 5.74) is 5.27. The number of benzene rings is 1. The summed E-state index contributed by atoms with van der Waals surface area (Å²) in [6, 6.07) is 11.5. The Morgan fingerprint density at radius 1 is 1.28 bits per heavy atom. The highest BCUT2D eigenvalue weighted by atomic mass is 35.5. The van der Waals surface area contributed by atoms with Crippen LogP contribution in [-0.2, 0) is 6.42 Å². The molecule has 4 nitrogen and oxygen atoms in total. The molecule has 3 atom stereocenters. The summed E-state index contributed by atoms with van der Waals surface area (Å²) in [7, 11) is 2.25. The maximum atomic E-state index is 5.90. The summed E-state index contributed by atoms with van der Waals surface area (Å²) in [6.07, 6.45) is 6.29. The largest absolute Gasteiger partial charge is 0.380 e. The molecule has 2 aromatic heterocycles. The van der Waals surface area contributed by atoms with Crippen molar-refractivity contribution >= 4 is 28.2 Å². The van der Waals surface area contributed by atoms with E-state index in [0.29, 0.717) is 23.2 Å². The number of H-pyrrole nitrogens is 1. The molecule has 0 radical (unpaired) electrons. The third-order valence-corrected chi connectivity index (χ3v) is 6.05. The van der Waals surface area contributed by atoms with Crippen LogP contribution in [0.5, 0.6) is 0 Å². The average Bonchev–Trinajstić information content (AvgIpc) is 3.03. The molecule has 1 aliphatic carbocycles. The first kappa shape index (κ1) is 15.2. The van der Waals surface area contributed by atoms with Crippen LogP contribution >= 0.6 is 11.6 Å². The molecule has 2 aliphatic rings. The molecular formula is C20H21ClN4. The minimum absolute atomic E-state index is 0.407. The summed E-state index contributed by atoms with van der Waals surface area (Å²) in [4.78, 5) is 10.1. The lowest BCUT2D eigenvalue weighted by Crippen LogP contribution is -2.51. The second kappa shape index (κ2) is 5.75. The topological polar surface area (TPSA) is 44.0 Å². The Bertz CT molecular complexity index is 917. The second-order valence-corrected chi connectivity index (χ2v) is 7.74. The number of rotatable bonds is 2. The van der Waals surface area contributed by atoms with Crippen LogP contribution in [0.4, 0.5) is 5.69 Å². The lowest BCUT2D eigenvalue weighted by atomic mass is 9.74. The number of fused-ring (bicyclic) bond motifs is 2. The van der Waals surface area contributed by atoms with Gasteiger partial charge < -0.3 is 15.2 Å². The maximum absolute atomic E-state index is 5.90. The van der Waals surface area contributed by atoms with Crippen molar-refractivity contribution < 1.29 is 0 Å². The zero-order chi connectivity index (χ0) is 17.0. The van der Waals surface area contributed by atoms with E-state index < -0.39 is 0 Å². The molecule has 5 heteroatoms. The van der Waals surface area contributed by atoms with Crippen LogP contribution in [0.1, 0.15) is 23.5 Å². The van der Waals surface area contributed by atoms with E-state index in [1.54, 1.807) is 0 Å². The predicted molar refractivity (Wildman–Crippen MR) is 102 cm³/mol. The fourth-order valence-corrected chi connectivity index (χ4v) is 4.86. The van der Waals surface area contributed by atoms with Gasteiger partial charge in [0, 0.05) is 41.6 Å². The monoisotopic (exact) mass is 352 g/mol. The highest BCUT2D eigenvalue weighted by Gasteiger charge is 2.39. The van der Waals surface area contributed by atoms with Gasteiger partial charge in [-0.05, 0) is 49.2 Å². The molecule has 1 aromatic carbocycles. The van der Waals surface area contributed by atoms with Gasteiger partial charge in [0.15, 0.2) is 0 Å². The molecule has 3 heterocycles. The molecule has 0 saturated carbocycles. The van der Waals surface area contributed by atoms with Crippen molar-refractivity contribution in [2.45, 2.75) is 30.8 Å².